The molecule has 7 aromatic rings. The van der Waals surface area contributed by atoms with E-state index in [2.05, 4.69) is 200 Å². The van der Waals surface area contributed by atoms with E-state index in [4.69, 9.17) is 44.3 Å². The summed E-state index contributed by atoms with van der Waals surface area (Å²) in [5, 5.41) is 24.9. The number of rotatable bonds is 34. The maximum Gasteiger partial charge on any atom is 0.108 e. The van der Waals surface area contributed by atoms with Gasteiger partial charge in [0.15, 0.2) is 0 Å². The van der Waals surface area contributed by atoms with Crippen LogP contribution in [0.4, 0.5) is 0 Å². The van der Waals surface area contributed by atoms with Gasteiger partial charge in [0.2, 0.25) is 0 Å². The summed E-state index contributed by atoms with van der Waals surface area (Å²) in [5.74, 6) is 2.38. The second-order valence-electron chi connectivity index (χ2n) is 21.4. The van der Waals surface area contributed by atoms with Gasteiger partial charge in [0.1, 0.15) is 23.7 Å². The quantitative estimate of drug-likeness (QED) is 0.0276. The van der Waals surface area contributed by atoms with Crippen molar-refractivity contribution in [3.63, 3.8) is 0 Å². The van der Waals surface area contributed by atoms with Crippen molar-refractivity contribution in [2.45, 2.75) is 162 Å². The molecule has 0 N–H and O–H groups in total. The second kappa shape index (κ2) is 45.8. The summed E-state index contributed by atoms with van der Waals surface area (Å²) in [4.78, 5) is 0. The van der Waals surface area contributed by atoms with Gasteiger partial charge in [-0.2, -0.15) is 0 Å². The Kier molecular flexibility index (Phi) is 39.3. The van der Waals surface area contributed by atoms with Crippen molar-refractivity contribution in [2.24, 2.45) is 0 Å². The average molecular weight is 1190 g/mol. The third-order valence-corrected chi connectivity index (χ3v) is 12.1. The van der Waals surface area contributed by atoms with Crippen LogP contribution in [0.3, 0.4) is 0 Å². The number of aryl methyl sites for hydroxylation is 9. The van der Waals surface area contributed by atoms with Gasteiger partial charge in [0.05, 0.1) is 111 Å². The van der Waals surface area contributed by atoms with Crippen LogP contribution in [-0.4, -0.2) is 131 Å². The van der Waals surface area contributed by atoms with E-state index in [0.29, 0.717) is 79.3 Å². The van der Waals surface area contributed by atoms with Gasteiger partial charge in [-0.1, -0.05) is 173 Å². The number of hydrogen-bond donors (Lipinski definition) is 0. The zero-order valence-corrected chi connectivity index (χ0v) is 54.5. The highest BCUT2D eigenvalue weighted by Crippen LogP contribution is 2.14. The number of benzene rings is 4. The molecule has 86 heavy (non-hydrogen) atoms. The minimum Gasteiger partial charge on any atom is -0.379 e. The fraction of sp³-hybridized carbons (Fsp3) is 0.536. The van der Waals surface area contributed by atoms with Crippen LogP contribution in [0.25, 0.3) is 0 Å². The molecule has 3 heterocycles. The molecule has 0 spiro atoms. The van der Waals surface area contributed by atoms with Crippen LogP contribution in [0.5, 0.6) is 0 Å². The van der Waals surface area contributed by atoms with Crippen LogP contribution >= 0.6 is 0 Å². The predicted octanol–water partition coefficient (Wildman–Crippen LogP) is 12.6. The monoisotopic (exact) mass is 1190 g/mol. The van der Waals surface area contributed by atoms with Crippen LogP contribution < -0.4 is 0 Å². The van der Waals surface area contributed by atoms with E-state index in [0.717, 1.165) is 95.2 Å². The molecule has 0 radical (unpaired) electrons. The normalized spacial score (nSPS) is 10.7. The van der Waals surface area contributed by atoms with Crippen LogP contribution in [0.1, 0.15) is 144 Å². The topological polar surface area (TPSA) is 166 Å². The Balaban J connectivity index is 0.000000292. The first-order valence-corrected chi connectivity index (χ1v) is 30.7. The van der Waals surface area contributed by atoms with E-state index in [1.165, 1.54) is 66.8 Å². The lowest BCUT2D eigenvalue weighted by Gasteiger charge is -2.04. The number of terminal acetylenes is 1. The molecule has 0 fully saturated rings. The van der Waals surface area contributed by atoms with Gasteiger partial charge < -0.3 is 37.9 Å². The highest BCUT2D eigenvalue weighted by atomic mass is 16.5. The largest absolute Gasteiger partial charge is 0.379 e. The Labute approximate surface area is 515 Å². The lowest BCUT2D eigenvalue weighted by Crippen LogP contribution is -2.05. The van der Waals surface area contributed by atoms with Crippen LogP contribution in [0.2, 0.25) is 0 Å². The molecule has 0 atom stereocenters. The first kappa shape index (κ1) is 73.8. The SMILES string of the molecule is C#CCOCCOCCC.CCCOCCOCc1cn(Cc2cc(C)cc(C)c2)nn1.CCCOCCOCc1cn(Cc2cc(C)cc(C)c2)nn1.CCCOCCOCc1cn(Cc2cc(C)cc(C)c2)nn1.CCc1cc(C)cc(C)c1. The average Bonchev–Trinajstić information content (AvgIpc) is 4.37. The molecule has 4 aromatic carbocycles. The van der Waals surface area contributed by atoms with Gasteiger partial charge in [0.25, 0.3) is 0 Å². The van der Waals surface area contributed by atoms with Gasteiger partial charge in [0, 0.05) is 26.4 Å². The number of nitrogens with zero attached hydrogens (tertiary/aromatic N) is 9. The van der Waals surface area contributed by atoms with Crippen molar-refractivity contribution in [3.05, 3.63) is 175 Å². The Hall–Kier alpha value is -6.46. The minimum atomic E-state index is 0.384. The summed E-state index contributed by atoms with van der Waals surface area (Å²) < 4.78 is 48.3. The van der Waals surface area contributed by atoms with E-state index >= 15 is 0 Å². The molecule has 3 aromatic heterocycles. The van der Waals surface area contributed by atoms with Crippen molar-refractivity contribution < 1.29 is 37.9 Å². The molecule has 0 saturated carbocycles. The molecule has 0 amide bonds. The minimum absolute atomic E-state index is 0.384. The lowest BCUT2D eigenvalue weighted by atomic mass is 10.1. The second-order valence-corrected chi connectivity index (χ2v) is 21.4. The van der Waals surface area contributed by atoms with Crippen molar-refractivity contribution in [2.75, 3.05) is 85.9 Å². The number of aromatic nitrogens is 9. The third-order valence-electron chi connectivity index (χ3n) is 12.1. The third kappa shape index (κ3) is 35.2. The molecular formula is C69H103N9O8. The Bertz CT molecular complexity index is 2580. The fourth-order valence-electron chi connectivity index (χ4n) is 8.88. The van der Waals surface area contributed by atoms with Crippen LogP contribution in [0, 0.1) is 67.7 Å². The van der Waals surface area contributed by atoms with Crippen molar-refractivity contribution in [3.8, 4) is 12.3 Å². The zero-order valence-electron chi connectivity index (χ0n) is 54.5. The van der Waals surface area contributed by atoms with Crippen molar-refractivity contribution >= 4 is 0 Å². The van der Waals surface area contributed by atoms with Gasteiger partial charge >= 0.3 is 0 Å². The van der Waals surface area contributed by atoms with E-state index in [9.17, 15) is 0 Å². The number of ether oxygens (including phenoxy) is 8. The standard InChI is InChI=1S/3C17H25N3O2.C10H14.C8H14O2/c3*1-4-5-21-6-7-22-13-17-12-20(19-18-17)11-16-9-14(2)8-15(3)10-16;1-4-10-6-8(2)5-9(3)7-10;1-3-5-9-7-8-10-6-4-2/h3*8-10,12H,4-7,11,13H2,1-3H3;5-7H,4H2,1-3H3;1H,4-8H2,2H3. The molecule has 7 rings (SSSR count). The Morgan fingerprint density at radius 3 is 0.814 bits per heavy atom. The van der Waals surface area contributed by atoms with E-state index < -0.39 is 0 Å². The predicted molar refractivity (Wildman–Crippen MR) is 343 cm³/mol. The summed E-state index contributed by atoms with van der Waals surface area (Å²) in [6.45, 7) is 39.5. The number of hydrogen-bond acceptors (Lipinski definition) is 14. The van der Waals surface area contributed by atoms with Gasteiger partial charge in [-0.05, 0) is 110 Å². The summed E-state index contributed by atoms with van der Waals surface area (Å²) in [7, 11) is 0. The zero-order chi connectivity index (χ0) is 62.6. The molecule has 0 aliphatic carbocycles. The molecule has 17 nitrogen and oxygen atoms in total. The molecule has 0 aliphatic rings. The first-order chi connectivity index (χ1) is 41.6. The molecule has 472 valence electrons. The highest BCUT2D eigenvalue weighted by molar-refractivity contribution is 5.31. The van der Waals surface area contributed by atoms with E-state index in [1.807, 2.05) is 32.6 Å². The summed E-state index contributed by atoms with van der Waals surface area (Å²) in [6, 6.07) is 26.3. The first-order valence-electron chi connectivity index (χ1n) is 30.7. The molecular weight excluding hydrogens is 1080 g/mol. The molecule has 17 heteroatoms. The fourth-order valence-corrected chi connectivity index (χ4v) is 8.88. The highest BCUT2D eigenvalue weighted by Gasteiger charge is 2.07. The van der Waals surface area contributed by atoms with Crippen molar-refractivity contribution in [1.29, 1.82) is 0 Å². The molecule has 0 bridgehead atoms. The molecule has 0 aliphatic heterocycles. The van der Waals surface area contributed by atoms with Gasteiger partial charge in [-0.25, -0.2) is 14.0 Å². The van der Waals surface area contributed by atoms with E-state index in [-0.39, 0.29) is 0 Å². The summed E-state index contributed by atoms with van der Waals surface area (Å²) in [6.07, 6.45) is 16.1. The Morgan fingerprint density at radius 2 is 0.570 bits per heavy atom. The smallest absolute Gasteiger partial charge is 0.108 e. The van der Waals surface area contributed by atoms with Gasteiger partial charge in [-0.3, -0.25) is 0 Å². The summed E-state index contributed by atoms with van der Waals surface area (Å²) >= 11 is 0. The summed E-state index contributed by atoms with van der Waals surface area (Å²) in [5.41, 5.74) is 18.1. The maximum absolute atomic E-state index is 5.53. The van der Waals surface area contributed by atoms with E-state index in [1.54, 1.807) is 0 Å². The van der Waals surface area contributed by atoms with Crippen LogP contribution in [0.15, 0.2) is 91.4 Å². The maximum atomic E-state index is 5.53. The van der Waals surface area contributed by atoms with Gasteiger partial charge in [-0.15, -0.1) is 21.7 Å². The molecule has 0 unspecified atom stereocenters. The van der Waals surface area contributed by atoms with Crippen molar-refractivity contribution in [1.82, 2.24) is 45.0 Å². The Morgan fingerprint density at radius 1 is 0.326 bits per heavy atom. The molecule has 0 saturated heterocycles. The van der Waals surface area contributed by atoms with Crippen LogP contribution in [-0.2, 0) is 83.8 Å². The lowest BCUT2D eigenvalue weighted by molar-refractivity contribution is 0.0397.